The predicted octanol–water partition coefficient (Wildman–Crippen LogP) is 3.90. The van der Waals surface area contributed by atoms with Crippen LogP contribution in [0.1, 0.15) is 29.2 Å². The van der Waals surface area contributed by atoms with Gasteiger partial charge in [-0.25, -0.2) is 4.99 Å². The summed E-state index contributed by atoms with van der Waals surface area (Å²) < 4.78 is 0. The molecule has 0 amide bonds. The summed E-state index contributed by atoms with van der Waals surface area (Å²) in [5.41, 5.74) is 6.10. The van der Waals surface area contributed by atoms with Crippen molar-refractivity contribution in [3.8, 4) is 0 Å². The van der Waals surface area contributed by atoms with Crippen molar-refractivity contribution in [1.82, 2.24) is 9.88 Å². The molecule has 0 spiro atoms. The van der Waals surface area contributed by atoms with Crippen LogP contribution in [0.3, 0.4) is 0 Å². The zero-order valence-electron chi connectivity index (χ0n) is 13.3. The lowest BCUT2D eigenvalue weighted by atomic mass is 9.98. The third-order valence-electron chi connectivity index (χ3n) is 3.66. The van der Waals surface area contributed by atoms with E-state index in [4.69, 9.17) is 0 Å². The second-order valence-electron chi connectivity index (χ2n) is 5.42. The Balaban J connectivity index is 2.23. The molecule has 1 aromatic heterocycles. The first kappa shape index (κ1) is 15.2. The lowest BCUT2D eigenvalue weighted by molar-refractivity contribution is 0.552. The van der Waals surface area contributed by atoms with E-state index in [1.165, 1.54) is 22.3 Å². The van der Waals surface area contributed by atoms with E-state index < -0.39 is 0 Å². The summed E-state index contributed by atoms with van der Waals surface area (Å²) in [7, 11) is 2.03. The molecule has 0 unspecified atom stereocenters. The van der Waals surface area contributed by atoms with Gasteiger partial charge in [0.25, 0.3) is 0 Å². The average molecular weight is 281 g/mol. The van der Waals surface area contributed by atoms with Gasteiger partial charge in [0, 0.05) is 26.0 Å². The van der Waals surface area contributed by atoms with Gasteiger partial charge in [0.1, 0.15) is 0 Å². The van der Waals surface area contributed by atoms with Crippen LogP contribution in [0.15, 0.2) is 41.7 Å². The lowest BCUT2D eigenvalue weighted by Crippen LogP contribution is -2.14. The number of hydrogen-bond donors (Lipinski definition) is 0. The molecule has 0 aliphatic heterocycles. The molecule has 0 fully saturated rings. The van der Waals surface area contributed by atoms with Gasteiger partial charge in [0.05, 0.1) is 12.0 Å². The minimum Gasteiger partial charge on any atom is -0.366 e. The summed E-state index contributed by atoms with van der Waals surface area (Å²) in [6.45, 7) is 7.33. The monoisotopic (exact) mass is 281 g/mol. The van der Waals surface area contributed by atoms with Gasteiger partial charge in [0.2, 0.25) is 0 Å². The summed E-state index contributed by atoms with van der Waals surface area (Å²) in [6.07, 6.45) is 6.54. The Morgan fingerprint density at radius 3 is 2.71 bits per heavy atom. The highest BCUT2D eigenvalue weighted by Gasteiger charge is 2.05. The molecule has 2 rings (SSSR count). The van der Waals surface area contributed by atoms with Gasteiger partial charge in [-0.15, -0.1) is 0 Å². The molecule has 110 valence electrons. The van der Waals surface area contributed by atoms with Gasteiger partial charge in [-0.1, -0.05) is 12.1 Å². The Labute approximate surface area is 127 Å². The Morgan fingerprint density at radius 1 is 1.24 bits per heavy atom. The van der Waals surface area contributed by atoms with E-state index >= 15 is 0 Å². The fraction of sp³-hybridized carbons (Fsp3) is 0.333. The number of nitrogens with zero attached hydrogens (tertiary/aromatic N) is 3. The number of rotatable bonds is 5. The molecule has 0 saturated heterocycles. The predicted molar refractivity (Wildman–Crippen MR) is 89.4 cm³/mol. The maximum atomic E-state index is 4.57. The minimum atomic E-state index is 0.916. The van der Waals surface area contributed by atoms with Crippen molar-refractivity contribution in [1.29, 1.82) is 0 Å². The summed E-state index contributed by atoms with van der Waals surface area (Å²) in [6, 6.07) is 8.50. The maximum Gasteiger partial charge on any atom is 0.0909 e. The molecular weight excluding hydrogens is 258 g/mol. The van der Waals surface area contributed by atoms with Crippen LogP contribution in [0.2, 0.25) is 0 Å². The molecule has 0 saturated carbocycles. The Hall–Kier alpha value is -2.16. The van der Waals surface area contributed by atoms with E-state index in [0.29, 0.717) is 0 Å². The van der Waals surface area contributed by atoms with Crippen LogP contribution in [0.25, 0.3) is 0 Å². The zero-order valence-corrected chi connectivity index (χ0v) is 13.3. The first-order valence-electron chi connectivity index (χ1n) is 7.33. The molecule has 3 nitrogen and oxygen atoms in total. The molecular formula is C18H23N3. The number of hydrogen-bond acceptors (Lipinski definition) is 2. The van der Waals surface area contributed by atoms with Gasteiger partial charge >= 0.3 is 0 Å². The Bertz CT molecular complexity index is 618. The molecule has 0 aliphatic rings. The molecule has 2 aromatic rings. The van der Waals surface area contributed by atoms with Gasteiger partial charge in [0.15, 0.2) is 0 Å². The van der Waals surface area contributed by atoms with Crippen LogP contribution in [-0.2, 0) is 6.42 Å². The van der Waals surface area contributed by atoms with E-state index in [2.05, 4.69) is 53.8 Å². The van der Waals surface area contributed by atoms with Crippen molar-refractivity contribution in [3.63, 3.8) is 0 Å². The molecule has 0 bridgehead atoms. The molecule has 0 N–H and O–H groups in total. The van der Waals surface area contributed by atoms with Crippen LogP contribution in [0, 0.1) is 13.8 Å². The van der Waals surface area contributed by atoms with Gasteiger partial charge < -0.3 is 4.90 Å². The zero-order chi connectivity index (χ0) is 15.2. The number of aromatic nitrogens is 1. The first-order chi connectivity index (χ1) is 10.1. The smallest absolute Gasteiger partial charge is 0.0909 e. The van der Waals surface area contributed by atoms with Crippen LogP contribution in [0.5, 0.6) is 0 Å². The van der Waals surface area contributed by atoms with Crippen molar-refractivity contribution < 1.29 is 0 Å². The number of benzene rings is 1. The van der Waals surface area contributed by atoms with Gasteiger partial charge in [-0.2, -0.15) is 0 Å². The lowest BCUT2D eigenvalue weighted by Gasteiger charge is -2.12. The molecule has 0 atom stereocenters. The first-order valence-corrected chi connectivity index (χ1v) is 7.33. The molecule has 0 aliphatic carbocycles. The SMILES string of the molecule is CCN(C)C=Nc1cc(C)c(Cc2cccnc2)cc1C. The largest absolute Gasteiger partial charge is 0.366 e. The molecule has 1 heterocycles. The summed E-state index contributed by atoms with van der Waals surface area (Å²) in [5, 5.41) is 0. The van der Waals surface area contributed by atoms with E-state index in [1.807, 2.05) is 31.8 Å². The Kier molecular flexibility index (Phi) is 5.09. The number of aliphatic imine (C=N–C) groups is 1. The van der Waals surface area contributed by atoms with Crippen molar-refractivity contribution in [2.24, 2.45) is 4.99 Å². The third kappa shape index (κ3) is 4.15. The van der Waals surface area contributed by atoms with E-state index in [0.717, 1.165) is 18.7 Å². The molecule has 3 heteroatoms. The number of aryl methyl sites for hydroxylation is 2. The molecule has 1 aromatic carbocycles. The van der Waals surface area contributed by atoms with E-state index in [9.17, 15) is 0 Å². The standard InChI is InChI=1S/C18H23N3/c1-5-21(4)13-20-18-10-14(2)17(9-15(18)3)11-16-7-6-8-19-12-16/h6-10,12-13H,5,11H2,1-4H3. The fourth-order valence-electron chi connectivity index (χ4n) is 2.16. The second kappa shape index (κ2) is 7.02. The van der Waals surface area contributed by atoms with Crippen LogP contribution < -0.4 is 0 Å². The van der Waals surface area contributed by atoms with Crippen LogP contribution in [0.4, 0.5) is 5.69 Å². The average Bonchev–Trinajstić information content (AvgIpc) is 2.50. The highest BCUT2D eigenvalue weighted by Crippen LogP contribution is 2.24. The normalized spacial score (nSPS) is 11.0. The molecule has 21 heavy (non-hydrogen) atoms. The summed E-state index contributed by atoms with van der Waals surface area (Å²) >= 11 is 0. The van der Waals surface area contributed by atoms with Crippen LogP contribution in [-0.4, -0.2) is 29.8 Å². The van der Waals surface area contributed by atoms with Crippen molar-refractivity contribution in [3.05, 3.63) is 58.9 Å². The third-order valence-corrected chi connectivity index (χ3v) is 3.66. The van der Waals surface area contributed by atoms with Gasteiger partial charge in [-0.3, -0.25) is 4.98 Å². The quantitative estimate of drug-likeness (QED) is 0.614. The van der Waals surface area contributed by atoms with Crippen LogP contribution >= 0.6 is 0 Å². The van der Waals surface area contributed by atoms with E-state index in [1.54, 1.807) is 0 Å². The summed E-state index contributed by atoms with van der Waals surface area (Å²) in [4.78, 5) is 10.8. The highest BCUT2D eigenvalue weighted by atomic mass is 15.1. The minimum absolute atomic E-state index is 0.916. The highest BCUT2D eigenvalue weighted by molar-refractivity contribution is 5.64. The summed E-state index contributed by atoms with van der Waals surface area (Å²) in [5.74, 6) is 0. The topological polar surface area (TPSA) is 28.5 Å². The van der Waals surface area contributed by atoms with E-state index in [-0.39, 0.29) is 0 Å². The van der Waals surface area contributed by atoms with Crippen molar-refractivity contribution >= 4 is 12.0 Å². The van der Waals surface area contributed by atoms with Gasteiger partial charge in [-0.05, 0) is 61.6 Å². The second-order valence-corrected chi connectivity index (χ2v) is 5.42. The van der Waals surface area contributed by atoms with Crippen molar-refractivity contribution in [2.45, 2.75) is 27.2 Å². The maximum absolute atomic E-state index is 4.57. The fourth-order valence-corrected chi connectivity index (χ4v) is 2.16. The number of pyridine rings is 1. The molecule has 0 radical (unpaired) electrons. The van der Waals surface area contributed by atoms with Crippen molar-refractivity contribution in [2.75, 3.05) is 13.6 Å². The Morgan fingerprint density at radius 2 is 2.05 bits per heavy atom.